The molecule has 1 N–H and O–H groups in total. The van der Waals surface area contributed by atoms with Crippen LogP contribution < -0.4 is 15.0 Å². The van der Waals surface area contributed by atoms with Crippen LogP contribution in [0.25, 0.3) is 0 Å². The lowest BCUT2D eigenvalue weighted by Crippen LogP contribution is -2.52. The predicted octanol–water partition coefficient (Wildman–Crippen LogP) is 3.71. The van der Waals surface area contributed by atoms with Gasteiger partial charge in [-0.05, 0) is 30.3 Å². The lowest BCUT2D eigenvalue weighted by atomic mass is 10.2. The first-order chi connectivity index (χ1) is 14.6. The van der Waals surface area contributed by atoms with Gasteiger partial charge in [-0.2, -0.15) is 13.2 Å². The van der Waals surface area contributed by atoms with E-state index in [4.69, 9.17) is 16.3 Å². The van der Waals surface area contributed by atoms with Crippen molar-refractivity contribution < 1.29 is 31.9 Å². The second-order valence-electron chi connectivity index (χ2n) is 6.71. The molecule has 1 saturated heterocycles. The maximum absolute atomic E-state index is 13.5. The third kappa shape index (κ3) is 5.78. The molecule has 3 rings (SSSR count). The van der Waals surface area contributed by atoms with Gasteiger partial charge in [0.15, 0.2) is 18.2 Å². The van der Waals surface area contributed by atoms with E-state index in [0.717, 1.165) is 4.90 Å². The highest BCUT2D eigenvalue weighted by molar-refractivity contribution is 6.33. The molecular formula is C20H18ClF4N3O3. The Labute approximate surface area is 180 Å². The number of hydrogen-bond acceptors (Lipinski definition) is 4. The molecule has 0 saturated carbocycles. The molecule has 0 unspecified atom stereocenters. The van der Waals surface area contributed by atoms with Gasteiger partial charge in [0.2, 0.25) is 0 Å². The fraction of sp³-hybridized carbons (Fsp3) is 0.300. The zero-order valence-corrected chi connectivity index (χ0v) is 16.8. The first-order valence-electron chi connectivity index (χ1n) is 9.23. The molecule has 0 spiro atoms. The normalized spacial score (nSPS) is 14.4. The molecule has 0 bridgehead atoms. The van der Waals surface area contributed by atoms with Crippen LogP contribution in [-0.2, 0) is 9.59 Å². The van der Waals surface area contributed by atoms with Crippen LogP contribution in [0, 0.1) is 5.82 Å². The van der Waals surface area contributed by atoms with E-state index in [1.807, 2.05) is 0 Å². The van der Waals surface area contributed by atoms with Crippen molar-refractivity contribution in [3.8, 4) is 5.75 Å². The summed E-state index contributed by atoms with van der Waals surface area (Å²) in [7, 11) is 0. The lowest BCUT2D eigenvalue weighted by Gasteiger charge is -2.36. The molecule has 0 radical (unpaired) electrons. The van der Waals surface area contributed by atoms with E-state index >= 15 is 0 Å². The van der Waals surface area contributed by atoms with E-state index < -0.39 is 30.4 Å². The number of hydrogen-bond donors (Lipinski definition) is 1. The second kappa shape index (κ2) is 9.42. The number of carbonyl (C=O) groups is 2. The van der Waals surface area contributed by atoms with E-state index in [2.05, 4.69) is 5.32 Å². The van der Waals surface area contributed by atoms with Crippen molar-refractivity contribution in [2.24, 2.45) is 0 Å². The summed E-state index contributed by atoms with van der Waals surface area (Å²) in [5.41, 5.74) is 0.947. The van der Waals surface area contributed by atoms with Gasteiger partial charge >= 0.3 is 12.1 Å². The molecule has 166 valence electrons. The molecule has 0 atom stereocenters. The number of rotatable bonds is 5. The van der Waals surface area contributed by atoms with E-state index in [0.29, 0.717) is 11.4 Å². The summed E-state index contributed by atoms with van der Waals surface area (Å²) in [6.07, 6.45) is -4.89. The molecule has 6 nitrogen and oxygen atoms in total. The van der Waals surface area contributed by atoms with Crippen LogP contribution in [0.2, 0.25) is 5.02 Å². The Morgan fingerprint density at radius 2 is 1.74 bits per heavy atom. The van der Waals surface area contributed by atoms with Crippen molar-refractivity contribution in [2.75, 3.05) is 43.0 Å². The summed E-state index contributed by atoms with van der Waals surface area (Å²) in [5.74, 6) is -3.01. The number of nitrogens with one attached hydrogen (secondary N) is 1. The summed E-state index contributed by atoms with van der Waals surface area (Å²) >= 11 is 6.28. The van der Waals surface area contributed by atoms with E-state index in [1.165, 1.54) is 24.3 Å². The standard InChI is InChI=1S/C20H18ClF4N3O3/c21-14-11-13(26-18(29)12-31-17-4-2-1-3-15(17)22)5-6-16(14)27-7-9-28(10-8-27)19(30)20(23,24)25/h1-6,11H,7-10,12H2,(H,26,29). The topological polar surface area (TPSA) is 61.9 Å². The van der Waals surface area contributed by atoms with Crippen molar-refractivity contribution in [2.45, 2.75) is 6.18 Å². The summed E-state index contributed by atoms with van der Waals surface area (Å²) < 4.78 is 56.3. The minimum absolute atomic E-state index is 0.0471. The molecule has 1 aliphatic heterocycles. The SMILES string of the molecule is O=C(COc1ccccc1F)Nc1ccc(N2CCN(C(=O)C(F)(F)F)CC2)c(Cl)c1. The highest BCUT2D eigenvalue weighted by atomic mass is 35.5. The molecule has 2 aromatic rings. The Balaban J connectivity index is 1.55. The van der Waals surface area contributed by atoms with Crippen LogP contribution in [0.15, 0.2) is 42.5 Å². The molecule has 1 fully saturated rings. The maximum Gasteiger partial charge on any atom is 0.471 e. The minimum Gasteiger partial charge on any atom is -0.481 e. The van der Waals surface area contributed by atoms with Crippen LogP contribution in [0.1, 0.15) is 0 Å². The van der Waals surface area contributed by atoms with E-state index in [1.54, 1.807) is 23.1 Å². The third-order valence-electron chi connectivity index (χ3n) is 4.58. The quantitative estimate of drug-likeness (QED) is 0.693. The monoisotopic (exact) mass is 459 g/mol. The Morgan fingerprint density at radius 1 is 1.06 bits per heavy atom. The van der Waals surface area contributed by atoms with Crippen LogP contribution in [-0.4, -0.2) is 55.7 Å². The Bertz CT molecular complexity index is 963. The molecule has 11 heteroatoms. The van der Waals surface area contributed by atoms with Crippen molar-refractivity contribution in [1.29, 1.82) is 0 Å². The average Bonchev–Trinajstić information content (AvgIpc) is 2.72. The van der Waals surface area contributed by atoms with Gasteiger partial charge in [0.25, 0.3) is 5.91 Å². The predicted molar refractivity (Wildman–Crippen MR) is 107 cm³/mol. The van der Waals surface area contributed by atoms with E-state index in [9.17, 15) is 27.2 Å². The summed E-state index contributed by atoms with van der Waals surface area (Å²) in [6, 6.07) is 10.4. The Kier molecular flexibility index (Phi) is 6.89. The van der Waals surface area contributed by atoms with Crippen LogP contribution in [0.3, 0.4) is 0 Å². The number of piperazine rings is 1. The largest absolute Gasteiger partial charge is 0.481 e. The zero-order valence-electron chi connectivity index (χ0n) is 16.1. The Hall–Kier alpha value is -3.01. The average molecular weight is 460 g/mol. The third-order valence-corrected chi connectivity index (χ3v) is 4.88. The maximum atomic E-state index is 13.5. The molecule has 0 aromatic heterocycles. The van der Waals surface area contributed by atoms with Crippen molar-refractivity contribution in [3.63, 3.8) is 0 Å². The number of alkyl halides is 3. The van der Waals surface area contributed by atoms with Crippen LogP contribution >= 0.6 is 11.6 Å². The van der Waals surface area contributed by atoms with Gasteiger partial charge < -0.3 is 19.9 Å². The van der Waals surface area contributed by atoms with Gasteiger partial charge in [0, 0.05) is 31.9 Å². The Morgan fingerprint density at radius 3 is 2.35 bits per heavy atom. The highest BCUT2D eigenvalue weighted by Crippen LogP contribution is 2.30. The van der Waals surface area contributed by atoms with Crippen LogP contribution in [0.4, 0.5) is 28.9 Å². The molecule has 1 aliphatic rings. The first kappa shape index (κ1) is 22.7. The van der Waals surface area contributed by atoms with Crippen molar-refractivity contribution in [1.82, 2.24) is 4.90 Å². The van der Waals surface area contributed by atoms with Crippen molar-refractivity contribution >= 4 is 34.8 Å². The lowest BCUT2D eigenvalue weighted by molar-refractivity contribution is -0.185. The number of para-hydroxylation sites is 1. The first-order valence-corrected chi connectivity index (χ1v) is 9.60. The van der Waals surface area contributed by atoms with Gasteiger partial charge in [0.1, 0.15) is 0 Å². The molecule has 1 heterocycles. The number of halogens is 5. The van der Waals surface area contributed by atoms with Gasteiger partial charge in [-0.25, -0.2) is 4.39 Å². The highest BCUT2D eigenvalue weighted by Gasteiger charge is 2.43. The molecular weight excluding hydrogens is 442 g/mol. The summed E-state index contributed by atoms with van der Waals surface area (Å²) in [5, 5.41) is 2.85. The van der Waals surface area contributed by atoms with Gasteiger partial charge in [0.05, 0.1) is 10.7 Å². The minimum atomic E-state index is -4.89. The molecule has 2 amide bonds. The number of ether oxygens (including phenoxy) is 1. The molecule has 31 heavy (non-hydrogen) atoms. The number of amides is 2. The smallest absolute Gasteiger partial charge is 0.471 e. The number of carbonyl (C=O) groups excluding carboxylic acids is 2. The number of nitrogens with zero attached hydrogens (tertiary/aromatic N) is 2. The van der Waals surface area contributed by atoms with Gasteiger partial charge in [-0.1, -0.05) is 23.7 Å². The zero-order chi connectivity index (χ0) is 22.6. The van der Waals surface area contributed by atoms with Gasteiger partial charge in [-0.15, -0.1) is 0 Å². The second-order valence-corrected chi connectivity index (χ2v) is 7.12. The fourth-order valence-electron chi connectivity index (χ4n) is 3.07. The van der Waals surface area contributed by atoms with Crippen LogP contribution in [0.5, 0.6) is 5.75 Å². The van der Waals surface area contributed by atoms with E-state index in [-0.39, 0.29) is 37.0 Å². The number of anilines is 2. The molecule has 0 aliphatic carbocycles. The van der Waals surface area contributed by atoms with Gasteiger partial charge in [-0.3, -0.25) is 9.59 Å². The van der Waals surface area contributed by atoms with Crippen molar-refractivity contribution in [3.05, 3.63) is 53.3 Å². The number of benzene rings is 2. The fourth-order valence-corrected chi connectivity index (χ4v) is 3.37. The summed E-state index contributed by atoms with van der Waals surface area (Å²) in [4.78, 5) is 25.9. The summed E-state index contributed by atoms with van der Waals surface area (Å²) in [6.45, 7) is -0.204. The molecule has 2 aromatic carbocycles.